The van der Waals surface area contributed by atoms with Crippen molar-refractivity contribution in [1.29, 1.82) is 0 Å². The second-order valence-electron chi connectivity index (χ2n) is 4.71. The zero-order valence-electron chi connectivity index (χ0n) is 9.56. The molecule has 0 saturated heterocycles. The molecule has 1 atom stereocenters. The molecule has 0 aliphatic carbocycles. The van der Waals surface area contributed by atoms with Crippen LogP contribution in [0, 0.1) is 17.2 Å². The lowest BCUT2D eigenvalue weighted by atomic mass is 9.76. The maximum absolute atomic E-state index is 13.5. The molecule has 0 nitrogen and oxygen atoms in total. The third-order valence-electron chi connectivity index (χ3n) is 3.25. The minimum absolute atomic E-state index is 0.0923. The third-order valence-corrected chi connectivity index (χ3v) is 4.53. The van der Waals surface area contributed by atoms with Crippen LogP contribution < -0.4 is 0 Å². The van der Waals surface area contributed by atoms with Gasteiger partial charge in [-0.25, -0.2) is 4.39 Å². The summed E-state index contributed by atoms with van der Waals surface area (Å²) in [6, 6.07) is 7.04. The molecule has 1 aromatic rings. The van der Waals surface area contributed by atoms with Crippen LogP contribution in [-0.2, 0) is 6.42 Å². The molecule has 84 valence electrons. The quantitative estimate of drug-likeness (QED) is 0.712. The van der Waals surface area contributed by atoms with Crippen LogP contribution in [0.1, 0.15) is 26.3 Å². The molecule has 2 heteroatoms. The Labute approximate surface area is 100 Å². The van der Waals surface area contributed by atoms with E-state index in [0.29, 0.717) is 5.92 Å². The number of rotatable bonds is 4. The molecule has 0 aliphatic rings. The first-order valence-corrected chi connectivity index (χ1v) is 6.41. The van der Waals surface area contributed by atoms with Crippen molar-refractivity contribution < 1.29 is 4.39 Å². The lowest BCUT2D eigenvalue weighted by Crippen LogP contribution is -2.28. The Morgan fingerprint density at radius 3 is 2.40 bits per heavy atom. The van der Waals surface area contributed by atoms with Crippen LogP contribution in [0.25, 0.3) is 0 Å². The highest BCUT2D eigenvalue weighted by molar-refractivity contribution is 9.09. The predicted molar refractivity (Wildman–Crippen MR) is 66.8 cm³/mol. The summed E-state index contributed by atoms with van der Waals surface area (Å²) in [6.07, 6.45) is 0.780. The van der Waals surface area contributed by atoms with Crippen molar-refractivity contribution in [1.82, 2.24) is 0 Å². The summed E-state index contributed by atoms with van der Waals surface area (Å²) in [5, 5.41) is 0.895. The lowest BCUT2D eigenvalue weighted by Gasteiger charge is -2.32. The van der Waals surface area contributed by atoms with Crippen LogP contribution in [0.5, 0.6) is 0 Å². The molecule has 0 radical (unpaired) electrons. The molecule has 0 aliphatic heterocycles. The molecular formula is C13H18BrF. The van der Waals surface area contributed by atoms with E-state index in [1.807, 2.05) is 12.1 Å². The van der Waals surface area contributed by atoms with Gasteiger partial charge in [-0.2, -0.15) is 0 Å². The predicted octanol–water partition coefficient (Wildman–Crippen LogP) is 4.43. The summed E-state index contributed by atoms with van der Waals surface area (Å²) < 4.78 is 13.5. The molecule has 0 saturated carbocycles. The summed E-state index contributed by atoms with van der Waals surface area (Å²) in [5.41, 5.74) is 0.926. The number of hydrogen-bond acceptors (Lipinski definition) is 0. The fourth-order valence-electron chi connectivity index (χ4n) is 1.48. The van der Waals surface area contributed by atoms with Gasteiger partial charge in [-0.1, -0.05) is 54.9 Å². The van der Waals surface area contributed by atoms with Crippen molar-refractivity contribution in [3.8, 4) is 0 Å². The highest BCUT2D eigenvalue weighted by atomic mass is 79.9. The number of hydrogen-bond donors (Lipinski definition) is 0. The number of halogens is 2. The van der Waals surface area contributed by atoms with Gasteiger partial charge in [-0.3, -0.25) is 0 Å². The van der Waals surface area contributed by atoms with E-state index in [9.17, 15) is 4.39 Å². The van der Waals surface area contributed by atoms with E-state index in [1.165, 1.54) is 6.07 Å². The van der Waals surface area contributed by atoms with Crippen LogP contribution >= 0.6 is 15.9 Å². The zero-order valence-corrected chi connectivity index (χ0v) is 11.1. The summed E-state index contributed by atoms with van der Waals surface area (Å²) in [6.45, 7) is 6.56. The molecule has 15 heavy (non-hydrogen) atoms. The molecule has 0 bridgehead atoms. The van der Waals surface area contributed by atoms with Crippen molar-refractivity contribution in [2.75, 3.05) is 5.33 Å². The average molecular weight is 273 g/mol. The summed E-state index contributed by atoms with van der Waals surface area (Å²) >= 11 is 3.53. The molecule has 0 heterocycles. The normalized spacial score (nSPS) is 15.3. The minimum Gasteiger partial charge on any atom is -0.207 e. The Balaban J connectivity index is 2.89. The topological polar surface area (TPSA) is 0 Å². The Bertz CT molecular complexity index is 322. The summed E-state index contributed by atoms with van der Waals surface area (Å²) in [5.74, 6) is 0.432. The Morgan fingerprint density at radius 2 is 1.93 bits per heavy atom. The van der Waals surface area contributed by atoms with Crippen molar-refractivity contribution in [2.24, 2.45) is 11.3 Å². The van der Waals surface area contributed by atoms with Gasteiger partial charge < -0.3 is 0 Å². The van der Waals surface area contributed by atoms with Crippen molar-refractivity contribution in [3.05, 3.63) is 35.6 Å². The first-order chi connectivity index (χ1) is 6.99. The van der Waals surface area contributed by atoms with E-state index in [2.05, 4.69) is 36.7 Å². The molecule has 1 unspecified atom stereocenters. The van der Waals surface area contributed by atoms with Crippen LogP contribution in [0.15, 0.2) is 24.3 Å². The van der Waals surface area contributed by atoms with Gasteiger partial charge in [0.2, 0.25) is 0 Å². The zero-order chi connectivity index (χ0) is 11.5. The number of alkyl halides is 1. The van der Waals surface area contributed by atoms with Gasteiger partial charge in [-0.05, 0) is 29.4 Å². The largest absolute Gasteiger partial charge is 0.207 e. The van der Waals surface area contributed by atoms with Crippen molar-refractivity contribution in [3.63, 3.8) is 0 Å². The van der Waals surface area contributed by atoms with Crippen LogP contribution in [-0.4, -0.2) is 5.33 Å². The van der Waals surface area contributed by atoms with Crippen LogP contribution in [0.4, 0.5) is 4.39 Å². The Hall–Kier alpha value is -0.370. The molecule has 1 aromatic carbocycles. The van der Waals surface area contributed by atoms with Gasteiger partial charge in [0.1, 0.15) is 5.82 Å². The van der Waals surface area contributed by atoms with Crippen molar-refractivity contribution >= 4 is 15.9 Å². The molecule has 0 N–H and O–H groups in total. The molecular weight excluding hydrogens is 255 g/mol. The summed E-state index contributed by atoms with van der Waals surface area (Å²) in [7, 11) is 0. The highest BCUT2D eigenvalue weighted by Crippen LogP contribution is 2.33. The summed E-state index contributed by atoms with van der Waals surface area (Å²) in [4.78, 5) is 0. The van der Waals surface area contributed by atoms with Gasteiger partial charge in [0.25, 0.3) is 0 Å². The second kappa shape index (κ2) is 5.11. The van der Waals surface area contributed by atoms with E-state index in [1.54, 1.807) is 6.07 Å². The molecule has 0 aromatic heterocycles. The van der Waals surface area contributed by atoms with E-state index < -0.39 is 0 Å². The van der Waals surface area contributed by atoms with E-state index in [0.717, 1.165) is 17.3 Å². The fourth-order valence-corrected chi connectivity index (χ4v) is 2.33. The Kier molecular flexibility index (Phi) is 4.32. The molecule has 1 rings (SSSR count). The first kappa shape index (κ1) is 12.7. The molecule has 0 spiro atoms. The van der Waals surface area contributed by atoms with Gasteiger partial charge in [-0.15, -0.1) is 0 Å². The van der Waals surface area contributed by atoms with Gasteiger partial charge in [0.15, 0.2) is 0 Å². The SMILES string of the molecule is CC(C)C(C)(CBr)Cc1ccccc1F. The van der Waals surface area contributed by atoms with Crippen LogP contribution in [0.2, 0.25) is 0 Å². The van der Waals surface area contributed by atoms with Crippen molar-refractivity contribution in [2.45, 2.75) is 27.2 Å². The second-order valence-corrected chi connectivity index (χ2v) is 5.27. The maximum atomic E-state index is 13.5. The lowest BCUT2D eigenvalue weighted by molar-refractivity contribution is 0.255. The standard InChI is InChI=1S/C13H18BrF/c1-10(2)13(3,9-14)8-11-6-4-5-7-12(11)15/h4-7,10H,8-9H2,1-3H3. The van der Waals surface area contributed by atoms with Crippen LogP contribution in [0.3, 0.4) is 0 Å². The maximum Gasteiger partial charge on any atom is 0.126 e. The number of benzene rings is 1. The highest BCUT2D eigenvalue weighted by Gasteiger charge is 2.28. The van der Waals surface area contributed by atoms with E-state index in [-0.39, 0.29) is 11.2 Å². The average Bonchev–Trinajstić information content (AvgIpc) is 2.21. The first-order valence-electron chi connectivity index (χ1n) is 5.29. The fraction of sp³-hybridized carbons (Fsp3) is 0.538. The minimum atomic E-state index is -0.0923. The van der Waals surface area contributed by atoms with E-state index >= 15 is 0 Å². The smallest absolute Gasteiger partial charge is 0.126 e. The van der Waals surface area contributed by atoms with E-state index in [4.69, 9.17) is 0 Å². The van der Waals surface area contributed by atoms with Gasteiger partial charge in [0.05, 0.1) is 0 Å². The van der Waals surface area contributed by atoms with Gasteiger partial charge in [0, 0.05) is 5.33 Å². The molecule has 0 fully saturated rings. The third kappa shape index (κ3) is 3.04. The molecule has 0 amide bonds. The Morgan fingerprint density at radius 1 is 1.33 bits per heavy atom. The van der Waals surface area contributed by atoms with Gasteiger partial charge >= 0.3 is 0 Å². The monoisotopic (exact) mass is 272 g/mol.